The number of benzene rings is 2. The molecule has 0 bridgehead atoms. The Morgan fingerprint density at radius 3 is 2.35 bits per heavy atom. The average molecular weight is 369 g/mol. The maximum Gasteiger partial charge on any atom is 0.276 e. The van der Waals surface area contributed by atoms with Gasteiger partial charge in [-0.05, 0) is 56.7 Å². The number of hydroxylamine groups is 1. The molecular weight excluding hydrogens is 348 g/mol. The quantitative estimate of drug-likeness (QED) is 0.637. The van der Waals surface area contributed by atoms with E-state index in [2.05, 4.69) is 22.2 Å². The number of nitrogens with zero attached hydrogens (tertiary/aromatic N) is 1. The fourth-order valence-corrected chi connectivity index (χ4v) is 3.02. The number of carbonyl (C=O) groups excluding carboxylic acids is 1. The van der Waals surface area contributed by atoms with Crippen molar-refractivity contribution in [3.8, 4) is 16.9 Å². The van der Waals surface area contributed by atoms with Gasteiger partial charge < -0.3 is 4.57 Å². The summed E-state index contributed by atoms with van der Waals surface area (Å²) in [6.45, 7) is 6.21. The number of aryl methyl sites for hydroxylation is 1. The molecule has 0 atom stereocenters. The summed E-state index contributed by atoms with van der Waals surface area (Å²) in [5.74, 6) is -0.259. The minimum absolute atomic E-state index is 0.259. The molecule has 2 aromatic carbocycles. The lowest BCUT2D eigenvalue weighted by atomic mass is 10.1. The molecular formula is C21H21ClN2O2. The normalized spacial score (nSPS) is 10.8. The van der Waals surface area contributed by atoms with E-state index in [1.165, 1.54) is 5.56 Å². The van der Waals surface area contributed by atoms with Gasteiger partial charge in [-0.1, -0.05) is 41.4 Å². The van der Waals surface area contributed by atoms with E-state index < -0.39 is 0 Å². The molecule has 4 nitrogen and oxygen atoms in total. The molecule has 1 N–H and O–H groups in total. The van der Waals surface area contributed by atoms with Gasteiger partial charge in [0.2, 0.25) is 0 Å². The van der Waals surface area contributed by atoms with E-state index in [1.807, 2.05) is 63.2 Å². The number of halogens is 1. The maximum absolute atomic E-state index is 12.5. The van der Waals surface area contributed by atoms with Gasteiger partial charge in [0.25, 0.3) is 5.91 Å². The van der Waals surface area contributed by atoms with Crippen LogP contribution >= 0.6 is 11.6 Å². The van der Waals surface area contributed by atoms with Crippen molar-refractivity contribution in [3.63, 3.8) is 0 Å². The number of aromatic nitrogens is 1. The van der Waals surface area contributed by atoms with E-state index in [0.717, 1.165) is 22.6 Å². The molecule has 5 heteroatoms. The fraction of sp³-hybridized carbons (Fsp3) is 0.190. The van der Waals surface area contributed by atoms with Crippen LogP contribution in [0.1, 0.15) is 28.5 Å². The molecule has 1 aromatic heterocycles. The Morgan fingerprint density at radius 2 is 1.73 bits per heavy atom. The Kier molecular flexibility index (Phi) is 5.45. The highest BCUT2D eigenvalue weighted by Gasteiger charge is 2.19. The molecule has 0 fully saturated rings. The third-order valence-electron chi connectivity index (χ3n) is 4.23. The molecule has 1 amide bonds. The Morgan fingerprint density at radius 1 is 1.08 bits per heavy atom. The second kappa shape index (κ2) is 7.77. The lowest BCUT2D eigenvalue weighted by Crippen LogP contribution is -2.24. The summed E-state index contributed by atoms with van der Waals surface area (Å²) in [7, 11) is 0. The number of hydrogen-bond donors (Lipinski definition) is 1. The van der Waals surface area contributed by atoms with Crippen molar-refractivity contribution in [2.24, 2.45) is 0 Å². The zero-order valence-electron chi connectivity index (χ0n) is 15.0. The van der Waals surface area contributed by atoms with Gasteiger partial charge >= 0.3 is 0 Å². The van der Waals surface area contributed by atoms with Gasteiger partial charge in [-0.2, -0.15) is 0 Å². The van der Waals surface area contributed by atoms with Crippen LogP contribution in [0.5, 0.6) is 0 Å². The van der Waals surface area contributed by atoms with Crippen molar-refractivity contribution in [1.82, 2.24) is 10.0 Å². The molecule has 1 heterocycles. The SMILES string of the molecule is CCONC(=O)c1cc(-c2ccc(Cl)cc2)n(-c2ccc(C)cc2)c1C. The zero-order chi connectivity index (χ0) is 18.7. The van der Waals surface area contributed by atoms with E-state index in [4.69, 9.17) is 16.4 Å². The Bertz CT molecular complexity index is 912. The van der Waals surface area contributed by atoms with Crippen molar-refractivity contribution in [2.75, 3.05) is 6.61 Å². The van der Waals surface area contributed by atoms with Crippen molar-refractivity contribution >= 4 is 17.5 Å². The summed E-state index contributed by atoms with van der Waals surface area (Å²) < 4.78 is 2.07. The number of carbonyl (C=O) groups is 1. The van der Waals surface area contributed by atoms with Crippen LogP contribution in [0.3, 0.4) is 0 Å². The largest absolute Gasteiger partial charge is 0.313 e. The Labute approximate surface area is 158 Å². The van der Waals surface area contributed by atoms with E-state index >= 15 is 0 Å². The molecule has 0 aliphatic carbocycles. The van der Waals surface area contributed by atoms with Crippen LogP contribution in [0.25, 0.3) is 16.9 Å². The first-order chi connectivity index (χ1) is 12.5. The summed E-state index contributed by atoms with van der Waals surface area (Å²) in [6, 6.07) is 17.7. The van der Waals surface area contributed by atoms with E-state index in [0.29, 0.717) is 17.2 Å². The number of rotatable bonds is 5. The summed E-state index contributed by atoms with van der Waals surface area (Å²) in [5.41, 5.74) is 7.97. The van der Waals surface area contributed by atoms with E-state index in [1.54, 1.807) is 0 Å². The van der Waals surface area contributed by atoms with Crippen LogP contribution in [0.2, 0.25) is 5.02 Å². The molecule has 26 heavy (non-hydrogen) atoms. The summed E-state index contributed by atoms with van der Waals surface area (Å²) in [4.78, 5) is 17.6. The lowest BCUT2D eigenvalue weighted by Gasteiger charge is -2.13. The van der Waals surface area contributed by atoms with Gasteiger partial charge in [0.05, 0.1) is 17.9 Å². The minimum Gasteiger partial charge on any atom is -0.313 e. The van der Waals surface area contributed by atoms with Crippen molar-refractivity contribution in [3.05, 3.63) is 76.4 Å². The molecule has 0 aliphatic heterocycles. The average Bonchev–Trinajstić information content (AvgIpc) is 2.98. The Balaban J connectivity index is 2.15. The van der Waals surface area contributed by atoms with Gasteiger partial charge in [-0.3, -0.25) is 9.63 Å². The van der Waals surface area contributed by atoms with Crippen LogP contribution in [0.15, 0.2) is 54.6 Å². The summed E-state index contributed by atoms with van der Waals surface area (Å²) in [6.07, 6.45) is 0. The van der Waals surface area contributed by atoms with Crippen LogP contribution in [0.4, 0.5) is 0 Å². The predicted octanol–water partition coefficient (Wildman–Crippen LogP) is 5.10. The summed E-state index contributed by atoms with van der Waals surface area (Å²) in [5, 5.41) is 0.674. The molecule has 0 saturated carbocycles. The van der Waals surface area contributed by atoms with Crippen molar-refractivity contribution < 1.29 is 9.63 Å². The number of nitrogens with one attached hydrogen (secondary N) is 1. The van der Waals surface area contributed by atoms with E-state index in [9.17, 15) is 4.79 Å². The summed E-state index contributed by atoms with van der Waals surface area (Å²) >= 11 is 6.03. The zero-order valence-corrected chi connectivity index (χ0v) is 15.8. The lowest BCUT2D eigenvalue weighted by molar-refractivity contribution is 0.0364. The highest BCUT2D eigenvalue weighted by molar-refractivity contribution is 6.30. The first-order valence-electron chi connectivity index (χ1n) is 8.48. The molecule has 3 aromatic rings. The highest BCUT2D eigenvalue weighted by Crippen LogP contribution is 2.30. The van der Waals surface area contributed by atoms with Gasteiger partial charge in [-0.15, -0.1) is 0 Å². The maximum atomic E-state index is 12.5. The van der Waals surface area contributed by atoms with Crippen molar-refractivity contribution in [2.45, 2.75) is 20.8 Å². The molecule has 0 aliphatic rings. The second-order valence-corrected chi connectivity index (χ2v) is 6.51. The third-order valence-corrected chi connectivity index (χ3v) is 4.49. The molecule has 3 rings (SSSR count). The number of amides is 1. The standard InChI is InChI=1S/C21H21ClN2O2/c1-4-26-23-21(25)19-13-20(16-7-9-17(22)10-8-16)24(15(19)3)18-11-5-14(2)6-12-18/h5-13H,4H2,1-3H3,(H,23,25). The topological polar surface area (TPSA) is 43.3 Å². The smallest absolute Gasteiger partial charge is 0.276 e. The molecule has 0 unspecified atom stereocenters. The van der Waals surface area contributed by atoms with Gasteiger partial charge in [-0.25, -0.2) is 5.48 Å². The molecule has 0 radical (unpaired) electrons. The molecule has 0 spiro atoms. The van der Waals surface area contributed by atoms with Crippen LogP contribution < -0.4 is 5.48 Å². The minimum atomic E-state index is -0.259. The predicted molar refractivity (Wildman–Crippen MR) is 105 cm³/mol. The third kappa shape index (κ3) is 3.66. The first kappa shape index (κ1) is 18.2. The monoisotopic (exact) mass is 368 g/mol. The molecule has 134 valence electrons. The van der Waals surface area contributed by atoms with Gasteiger partial charge in [0, 0.05) is 16.4 Å². The highest BCUT2D eigenvalue weighted by atomic mass is 35.5. The van der Waals surface area contributed by atoms with Crippen LogP contribution in [-0.4, -0.2) is 17.1 Å². The second-order valence-electron chi connectivity index (χ2n) is 6.07. The number of hydrogen-bond acceptors (Lipinski definition) is 2. The van der Waals surface area contributed by atoms with Gasteiger partial charge in [0.1, 0.15) is 0 Å². The molecule has 0 saturated heterocycles. The first-order valence-corrected chi connectivity index (χ1v) is 8.86. The van der Waals surface area contributed by atoms with Crippen LogP contribution in [-0.2, 0) is 4.84 Å². The van der Waals surface area contributed by atoms with E-state index in [-0.39, 0.29) is 5.91 Å². The van der Waals surface area contributed by atoms with Crippen molar-refractivity contribution in [1.29, 1.82) is 0 Å². The van der Waals surface area contributed by atoms with Crippen LogP contribution in [0, 0.1) is 13.8 Å². The van der Waals surface area contributed by atoms with Gasteiger partial charge in [0.15, 0.2) is 0 Å². The Hall–Kier alpha value is -2.56. The fourth-order valence-electron chi connectivity index (χ4n) is 2.89.